The van der Waals surface area contributed by atoms with E-state index in [4.69, 9.17) is 9.47 Å². The number of esters is 1. The Kier molecular flexibility index (Phi) is 5.56. The van der Waals surface area contributed by atoms with E-state index in [9.17, 15) is 4.79 Å². The standard InChI is InChI=1S/C22H28O3/c1-14-12-18(8-10-20(14)24-17(4)23)16(3)19-9-11-21(15(2)13-19)25-22(5,6)7/h8-13,16H,1-7H3. The highest BCUT2D eigenvalue weighted by Crippen LogP contribution is 2.31. The Morgan fingerprint density at radius 3 is 1.80 bits per heavy atom. The van der Waals surface area contributed by atoms with Crippen molar-refractivity contribution >= 4 is 5.97 Å². The van der Waals surface area contributed by atoms with Crippen LogP contribution in [0.4, 0.5) is 0 Å². The van der Waals surface area contributed by atoms with Gasteiger partial charge < -0.3 is 9.47 Å². The molecule has 0 bridgehead atoms. The zero-order chi connectivity index (χ0) is 18.8. The number of carbonyl (C=O) groups excluding carboxylic acids is 1. The highest BCUT2D eigenvalue weighted by Gasteiger charge is 2.16. The first-order valence-corrected chi connectivity index (χ1v) is 8.65. The summed E-state index contributed by atoms with van der Waals surface area (Å²) in [7, 11) is 0. The Bertz CT molecular complexity index is 769. The van der Waals surface area contributed by atoms with Crippen LogP contribution in [0.15, 0.2) is 36.4 Å². The van der Waals surface area contributed by atoms with Crippen LogP contribution >= 0.6 is 0 Å². The van der Waals surface area contributed by atoms with Gasteiger partial charge in [-0.3, -0.25) is 4.79 Å². The molecular weight excluding hydrogens is 312 g/mol. The summed E-state index contributed by atoms with van der Waals surface area (Å²) in [5, 5.41) is 0. The van der Waals surface area contributed by atoms with Gasteiger partial charge in [-0.1, -0.05) is 31.2 Å². The molecule has 2 aromatic rings. The van der Waals surface area contributed by atoms with Crippen molar-refractivity contribution in [3.63, 3.8) is 0 Å². The molecule has 0 N–H and O–H groups in total. The van der Waals surface area contributed by atoms with E-state index < -0.39 is 0 Å². The molecule has 0 saturated carbocycles. The highest BCUT2D eigenvalue weighted by molar-refractivity contribution is 5.69. The maximum Gasteiger partial charge on any atom is 0.308 e. The molecular formula is C22H28O3. The molecule has 0 radical (unpaired) electrons. The van der Waals surface area contributed by atoms with Gasteiger partial charge >= 0.3 is 5.97 Å². The van der Waals surface area contributed by atoms with Crippen molar-refractivity contribution < 1.29 is 14.3 Å². The van der Waals surface area contributed by atoms with E-state index in [0.29, 0.717) is 5.75 Å². The Labute approximate surface area is 151 Å². The second-order valence-electron chi connectivity index (χ2n) is 7.58. The summed E-state index contributed by atoms with van der Waals surface area (Å²) in [6.45, 7) is 13.8. The summed E-state index contributed by atoms with van der Waals surface area (Å²) in [6.07, 6.45) is 0. The molecule has 0 aliphatic heterocycles. The van der Waals surface area contributed by atoms with Crippen molar-refractivity contribution in [3.8, 4) is 11.5 Å². The van der Waals surface area contributed by atoms with Crippen molar-refractivity contribution in [1.29, 1.82) is 0 Å². The third-order valence-electron chi connectivity index (χ3n) is 4.07. The smallest absolute Gasteiger partial charge is 0.308 e. The third-order valence-corrected chi connectivity index (χ3v) is 4.07. The van der Waals surface area contributed by atoms with Crippen LogP contribution in [-0.2, 0) is 4.79 Å². The maximum atomic E-state index is 11.1. The number of hydrogen-bond donors (Lipinski definition) is 0. The number of aryl methyl sites for hydroxylation is 2. The molecule has 2 rings (SSSR count). The summed E-state index contributed by atoms with van der Waals surface area (Å²) in [6, 6.07) is 12.3. The molecule has 0 amide bonds. The van der Waals surface area contributed by atoms with Gasteiger partial charge in [0.2, 0.25) is 0 Å². The normalized spacial score (nSPS) is 12.6. The fourth-order valence-electron chi connectivity index (χ4n) is 2.79. The second-order valence-corrected chi connectivity index (χ2v) is 7.58. The van der Waals surface area contributed by atoms with Gasteiger partial charge in [-0.05, 0) is 69.0 Å². The highest BCUT2D eigenvalue weighted by atomic mass is 16.5. The molecule has 0 aliphatic carbocycles. The fraction of sp³-hybridized carbons (Fsp3) is 0.409. The lowest BCUT2D eigenvalue weighted by Gasteiger charge is -2.23. The van der Waals surface area contributed by atoms with Crippen LogP contribution in [0, 0.1) is 13.8 Å². The van der Waals surface area contributed by atoms with Crippen LogP contribution < -0.4 is 9.47 Å². The number of ether oxygens (including phenoxy) is 2. The van der Waals surface area contributed by atoms with Crippen LogP contribution in [0.3, 0.4) is 0 Å². The zero-order valence-electron chi connectivity index (χ0n) is 16.3. The topological polar surface area (TPSA) is 35.5 Å². The first kappa shape index (κ1) is 19.0. The predicted octanol–water partition coefficient (Wildman–Crippen LogP) is 5.56. The fourth-order valence-corrected chi connectivity index (χ4v) is 2.79. The van der Waals surface area contributed by atoms with E-state index in [1.807, 2.05) is 25.1 Å². The van der Waals surface area contributed by atoms with Gasteiger partial charge in [0.1, 0.15) is 17.1 Å². The van der Waals surface area contributed by atoms with Gasteiger partial charge in [0.25, 0.3) is 0 Å². The molecule has 0 spiro atoms. The molecule has 2 aromatic carbocycles. The van der Waals surface area contributed by atoms with Crippen molar-refractivity contribution in [2.24, 2.45) is 0 Å². The van der Waals surface area contributed by atoms with Crippen molar-refractivity contribution in [2.45, 2.75) is 60.0 Å². The molecule has 1 atom stereocenters. The minimum atomic E-state index is -0.297. The van der Waals surface area contributed by atoms with Crippen LogP contribution in [0.5, 0.6) is 11.5 Å². The number of rotatable bonds is 4. The lowest BCUT2D eigenvalue weighted by molar-refractivity contribution is -0.131. The molecule has 0 heterocycles. The van der Waals surface area contributed by atoms with Gasteiger partial charge in [0.05, 0.1) is 0 Å². The first-order chi connectivity index (χ1) is 11.6. The number of benzene rings is 2. The molecule has 0 saturated heterocycles. The van der Waals surface area contributed by atoms with Gasteiger partial charge in [-0.15, -0.1) is 0 Å². The number of carbonyl (C=O) groups is 1. The van der Waals surface area contributed by atoms with E-state index in [1.165, 1.54) is 18.1 Å². The van der Waals surface area contributed by atoms with Crippen LogP contribution in [0.1, 0.15) is 62.8 Å². The van der Waals surface area contributed by atoms with Gasteiger partial charge in [0, 0.05) is 12.8 Å². The molecule has 25 heavy (non-hydrogen) atoms. The lowest BCUT2D eigenvalue weighted by Crippen LogP contribution is -2.23. The minimum Gasteiger partial charge on any atom is -0.488 e. The van der Waals surface area contributed by atoms with Crippen molar-refractivity contribution in [1.82, 2.24) is 0 Å². The van der Waals surface area contributed by atoms with E-state index in [1.54, 1.807) is 0 Å². The monoisotopic (exact) mass is 340 g/mol. The van der Waals surface area contributed by atoms with Gasteiger partial charge in [0.15, 0.2) is 0 Å². The largest absolute Gasteiger partial charge is 0.488 e. The molecule has 0 fully saturated rings. The van der Waals surface area contributed by atoms with Crippen molar-refractivity contribution in [3.05, 3.63) is 58.7 Å². The average molecular weight is 340 g/mol. The van der Waals surface area contributed by atoms with Crippen LogP contribution in [-0.4, -0.2) is 11.6 Å². The van der Waals surface area contributed by atoms with E-state index >= 15 is 0 Å². The molecule has 134 valence electrons. The van der Waals surface area contributed by atoms with E-state index in [-0.39, 0.29) is 17.5 Å². The zero-order valence-corrected chi connectivity index (χ0v) is 16.3. The third kappa shape index (κ3) is 5.09. The Morgan fingerprint density at radius 1 is 0.920 bits per heavy atom. The Morgan fingerprint density at radius 2 is 1.40 bits per heavy atom. The SMILES string of the molecule is CC(=O)Oc1ccc(C(C)c2ccc(OC(C)(C)C)c(C)c2)cc1C. The van der Waals surface area contributed by atoms with Crippen LogP contribution in [0.25, 0.3) is 0 Å². The summed E-state index contributed by atoms with van der Waals surface area (Å²) in [5.41, 5.74) is 4.31. The Hall–Kier alpha value is -2.29. The Balaban J connectivity index is 2.25. The molecule has 0 aromatic heterocycles. The average Bonchev–Trinajstić information content (AvgIpc) is 2.49. The molecule has 0 aliphatic rings. The molecule has 3 heteroatoms. The summed E-state index contributed by atoms with van der Waals surface area (Å²) >= 11 is 0. The van der Waals surface area contributed by atoms with Crippen LogP contribution in [0.2, 0.25) is 0 Å². The van der Waals surface area contributed by atoms with Gasteiger partial charge in [-0.2, -0.15) is 0 Å². The predicted molar refractivity (Wildman–Crippen MR) is 102 cm³/mol. The van der Waals surface area contributed by atoms with E-state index in [2.05, 4.69) is 52.8 Å². The number of hydrogen-bond acceptors (Lipinski definition) is 3. The second kappa shape index (κ2) is 7.30. The molecule has 1 unspecified atom stereocenters. The summed E-state index contributed by atoms with van der Waals surface area (Å²) in [5.74, 6) is 1.49. The van der Waals surface area contributed by atoms with Gasteiger partial charge in [-0.25, -0.2) is 0 Å². The minimum absolute atomic E-state index is 0.207. The quantitative estimate of drug-likeness (QED) is 0.540. The summed E-state index contributed by atoms with van der Waals surface area (Å²) in [4.78, 5) is 11.1. The first-order valence-electron chi connectivity index (χ1n) is 8.65. The summed E-state index contributed by atoms with van der Waals surface area (Å²) < 4.78 is 11.2. The molecule has 3 nitrogen and oxygen atoms in total. The van der Waals surface area contributed by atoms with E-state index in [0.717, 1.165) is 16.9 Å². The van der Waals surface area contributed by atoms with Crippen molar-refractivity contribution in [2.75, 3.05) is 0 Å². The lowest BCUT2D eigenvalue weighted by atomic mass is 9.91. The maximum absolute atomic E-state index is 11.1.